The van der Waals surface area contributed by atoms with Crippen LogP contribution in [0.1, 0.15) is 35.0 Å². The number of fused-ring (bicyclic) bond motifs is 2. The Balaban J connectivity index is 0.000000204. The molecule has 0 aliphatic carbocycles. The van der Waals surface area contributed by atoms with E-state index in [1.807, 2.05) is 60.7 Å². The number of amides is 2. The summed E-state index contributed by atoms with van der Waals surface area (Å²) >= 11 is 0. The van der Waals surface area contributed by atoms with Gasteiger partial charge in [-0.2, -0.15) is 0 Å². The van der Waals surface area contributed by atoms with Crippen LogP contribution < -0.4 is 22.1 Å². The first-order valence-corrected chi connectivity index (χ1v) is 17.1. The van der Waals surface area contributed by atoms with Crippen molar-refractivity contribution in [2.75, 3.05) is 22.1 Å². The monoisotopic (exact) mass is 736 g/mol. The van der Waals surface area contributed by atoms with Crippen LogP contribution in [0.15, 0.2) is 164 Å². The standard InChI is InChI=1S/C26H22N2O4.C10H10N2.C8H8O3/c29-23(17-9-3-1-4-10-17)25(31)27-21-15-7-14-20-19(21)13-8-16-22(20)28-26(32)24(30)18-11-5-2-6-12-18;11-9-5-1-3-7-8(9)4-2-6-10(7)12;9-7(8(10)11)6-4-2-1-3-5-6/h1-16,23-24,29-30H,(H,27,31)(H,28,32);1-6H,11-12H2;1-5,7,9H,(H,10,11). The Morgan fingerprint density at radius 3 is 1.05 bits per heavy atom. The molecule has 2 amide bonds. The van der Waals surface area contributed by atoms with E-state index < -0.39 is 36.1 Å². The highest BCUT2D eigenvalue weighted by Gasteiger charge is 2.20. The minimum absolute atomic E-state index is 0.403. The average molecular weight is 737 g/mol. The molecule has 0 saturated carbocycles. The van der Waals surface area contributed by atoms with Gasteiger partial charge in [0.15, 0.2) is 18.3 Å². The maximum Gasteiger partial charge on any atom is 0.337 e. The van der Waals surface area contributed by atoms with Gasteiger partial charge in [0.1, 0.15) is 0 Å². The Morgan fingerprint density at radius 2 is 0.709 bits per heavy atom. The maximum atomic E-state index is 12.6. The van der Waals surface area contributed by atoms with Gasteiger partial charge in [-0.05, 0) is 41.0 Å². The number of hydrogen-bond acceptors (Lipinski definition) is 8. The molecule has 3 unspecified atom stereocenters. The summed E-state index contributed by atoms with van der Waals surface area (Å²) in [6, 6.07) is 47.7. The summed E-state index contributed by atoms with van der Waals surface area (Å²) in [5, 5.41) is 47.1. The third-order valence-corrected chi connectivity index (χ3v) is 8.50. The van der Waals surface area contributed by atoms with E-state index in [9.17, 15) is 24.6 Å². The zero-order valence-electron chi connectivity index (χ0n) is 29.5. The third-order valence-electron chi connectivity index (χ3n) is 8.50. The van der Waals surface area contributed by atoms with Crippen LogP contribution in [0.2, 0.25) is 0 Å². The van der Waals surface area contributed by atoms with Gasteiger partial charge in [-0.15, -0.1) is 0 Å². The number of aliphatic hydroxyl groups is 3. The molecule has 0 heterocycles. The molecule has 11 nitrogen and oxygen atoms in total. The molecule has 7 aromatic rings. The van der Waals surface area contributed by atoms with Crippen molar-refractivity contribution in [3.05, 3.63) is 180 Å². The summed E-state index contributed by atoms with van der Waals surface area (Å²) in [4.78, 5) is 35.5. The van der Waals surface area contributed by atoms with Crippen LogP contribution in [-0.4, -0.2) is 38.2 Å². The summed E-state index contributed by atoms with van der Waals surface area (Å²) in [6.45, 7) is 0. The molecule has 7 aromatic carbocycles. The molecule has 0 aromatic heterocycles. The van der Waals surface area contributed by atoms with Crippen molar-refractivity contribution in [1.82, 2.24) is 0 Å². The third kappa shape index (κ3) is 10.1. The van der Waals surface area contributed by atoms with E-state index >= 15 is 0 Å². The zero-order chi connectivity index (χ0) is 39.3. The molecular weight excluding hydrogens is 697 g/mol. The van der Waals surface area contributed by atoms with E-state index in [4.69, 9.17) is 21.7 Å². The van der Waals surface area contributed by atoms with Crippen LogP contribution in [0.4, 0.5) is 22.7 Å². The Labute approximate surface area is 317 Å². The first-order valence-electron chi connectivity index (χ1n) is 17.1. The fraction of sp³-hybridized carbons (Fsp3) is 0.0682. The quantitative estimate of drug-likeness (QED) is 0.0755. The highest BCUT2D eigenvalue weighted by Crippen LogP contribution is 2.31. The van der Waals surface area contributed by atoms with Crippen molar-refractivity contribution in [2.45, 2.75) is 18.3 Å². The maximum absolute atomic E-state index is 12.6. The number of carbonyl (C=O) groups excluding carboxylic acids is 2. The van der Waals surface area contributed by atoms with E-state index in [1.165, 1.54) is 0 Å². The van der Waals surface area contributed by atoms with Gasteiger partial charge >= 0.3 is 5.97 Å². The molecule has 0 bridgehead atoms. The molecule has 10 N–H and O–H groups in total. The van der Waals surface area contributed by atoms with E-state index in [1.54, 1.807) is 103 Å². The molecule has 0 aliphatic heterocycles. The Bertz CT molecular complexity index is 2240. The minimum Gasteiger partial charge on any atom is -0.479 e. The minimum atomic E-state index is -1.41. The number of rotatable bonds is 8. The highest BCUT2D eigenvalue weighted by molar-refractivity contribution is 6.10. The van der Waals surface area contributed by atoms with E-state index in [2.05, 4.69) is 10.6 Å². The number of hydrogen-bond donors (Lipinski definition) is 8. The lowest BCUT2D eigenvalue weighted by atomic mass is 10.0. The second-order valence-corrected chi connectivity index (χ2v) is 12.3. The first-order chi connectivity index (χ1) is 26.5. The molecule has 0 saturated heterocycles. The lowest BCUT2D eigenvalue weighted by molar-refractivity contribution is -0.147. The molecule has 55 heavy (non-hydrogen) atoms. The molecule has 3 atom stereocenters. The van der Waals surface area contributed by atoms with Crippen LogP contribution in [0, 0.1) is 0 Å². The van der Waals surface area contributed by atoms with Gasteiger partial charge in [-0.25, -0.2) is 4.79 Å². The van der Waals surface area contributed by atoms with E-state index in [-0.39, 0.29) is 0 Å². The topological polar surface area (TPSA) is 208 Å². The van der Waals surface area contributed by atoms with Crippen LogP contribution >= 0.6 is 0 Å². The van der Waals surface area contributed by atoms with Gasteiger partial charge in [0, 0.05) is 44.3 Å². The lowest BCUT2D eigenvalue weighted by Gasteiger charge is -2.16. The molecule has 0 aliphatic rings. The molecule has 278 valence electrons. The van der Waals surface area contributed by atoms with Crippen molar-refractivity contribution in [3.63, 3.8) is 0 Å². The number of carbonyl (C=O) groups is 3. The van der Waals surface area contributed by atoms with Crippen molar-refractivity contribution >= 4 is 62.1 Å². The Kier molecular flexibility index (Phi) is 13.3. The SMILES string of the molecule is Nc1cccc2c(N)cccc12.O=C(Nc1cccc2c(NC(=O)C(O)c3ccccc3)cccc12)C(O)c1ccccc1.O=C(O)C(O)c1ccccc1. The molecule has 0 spiro atoms. The molecule has 0 radical (unpaired) electrons. The lowest BCUT2D eigenvalue weighted by Crippen LogP contribution is -2.21. The highest BCUT2D eigenvalue weighted by atomic mass is 16.4. The zero-order valence-corrected chi connectivity index (χ0v) is 29.5. The number of carboxylic acid groups (broad SMARTS) is 1. The van der Waals surface area contributed by atoms with Gasteiger partial charge in [-0.1, -0.05) is 140 Å². The number of nitrogens with one attached hydrogen (secondary N) is 2. The number of nitrogen functional groups attached to an aromatic ring is 2. The molecule has 0 fully saturated rings. The molecular formula is C44H40N4O7. The summed E-state index contributed by atoms with van der Waals surface area (Å²) in [6.07, 6.45) is -4.03. The number of carboxylic acids is 1. The fourth-order valence-corrected chi connectivity index (χ4v) is 5.64. The van der Waals surface area contributed by atoms with Gasteiger partial charge in [0.25, 0.3) is 11.8 Å². The number of nitrogens with two attached hydrogens (primary N) is 2. The second-order valence-electron chi connectivity index (χ2n) is 12.3. The van der Waals surface area contributed by atoms with Crippen LogP contribution in [0.3, 0.4) is 0 Å². The first kappa shape index (κ1) is 39.2. The molecule has 7 rings (SSSR count). The Hall–Kier alpha value is -7.05. The fourth-order valence-electron chi connectivity index (χ4n) is 5.64. The normalized spacial score (nSPS) is 12.1. The Morgan fingerprint density at radius 1 is 0.400 bits per heavy atom. The van der Waals surface area contributed by atoms with Crippen molar-refractivity contribution in [1.29, 1.82) is 0 Å². The number of aliphatic carboxylic acids is 1. The predicted octanol–water partition coefficient (Wildman–Crippen LogP) is 6.99. The summed E-state index contributed by atoms with van der Waals surface area (Å²) in [7, 11) is 0. The van der Waals surface area contributed by atoms with Gasteiger partial charge < -0.3 is 42.5 Å². The van der Waals surface area contributed by atoms with Crippen molar-refractivity contribution < 1.29 is 34.8 Å². The number of benzene rings is 7. The summed E-state index contributed by atoms with van der Waals surface area (Å²) in [5.74, 6) is -2.34. The van der Waals surface area contributed by atoms with E-state index in [0.29, 0.717) is 38.8 Å². The largest absolute Gasteiger partial charge is 0.479 e. The van der Waals surface area contributed by atoms with Gasteiger partial charge in [-0.3, -0.25) is 9.59 Å². The van der Waals surface area contributed by atoms with Gasteiger partial charge in [0.05, 0.1) is 0 Å². The van der Waals surface area contributed by atoms with Crippen molar-refractivity contribution in [3.8, 4) is 0 Å². The molecule has 11 heteroatoms. The second kappa shape index (κ2) is 18.6. The van der Waals surface area contributed by atoms with Crippen LogP contribution in [-0.2, 0) is 14.4 Å². The average Bonchev–Trinajstić information content (AvgIpc) is 3.22. The van der Waals surface area contributed by atoms with Crippen molar-refractivity contribution in [2.24, 2.45) is 0 Å². The summed E-state index contributed by atoms with van der Waals surface area (Å²) in [5.41, 5.74) is 15.5. The smallest absolute Gasteiger partial charge is 0.337 e. The number of anilines is 4. The summed E-state index contributed by atoms with van der Waals surface area (Å²) < 4.78 is 0. The van der Waals surface area contributed by atoms with Gasteiger partial charge in [0.2, 0.25) is 0 Å². The predicted molar refractivity (Wildman–Crippen MR) is 216 cm³/mol. The van der Waals surface area contributed by atoms with Crippen LogP contribution in [0.5, 0.6) is 0 Å². The van der Waals surface area contributed by atoms with Crippen LogP contribution in [0.25, 0.3) is 21.5 Å². The van der Waals surface area contributed by atoms with E-state index in [0.717, 1.165) is 22.1 Å². The number of aliphatic hydroxyl groups excluding tert-OH is 3.